The normalized spacial score (nSPS) is 16.7. The second-order valence-corrected chi connectivity index (χ2v) is 7.85. The fraction of sp³-hybridized carbons (Fsp3) is 0.167. The molecular formula is C24H19ClN2O3. The van der Waals surface area contributed by atoms with Crippen molar-refractivity contribution in [1.29, 1.82) is 0 Å². The number of aromatic nitrogens is 1. The highest BCUT2D eigenvalue weighted by Gasteiger charge is 2.33. The van der Waals surface area contributed by atoms with Gasteiger partial charge >= 0.3 is 0 Å². The molecule has 0 spiro atoms. The van der Waals surface area contributed by atoms with Crippen LogP contribution in [0.4, 0.5) is 0 Å². The number of ketones is 1. The average Bonchev–Trinajstić information content (AvgIpc) is 3.06. The molecule has 0 aliphatic carbocycles. The lowest BCUT2D eigenvalue weighted by Crippen LogP contribution is -2.32. The van der Waals surface area contributed by atoms with E-state index in [-0.39, 0.29) is 11.5 Å². The number of halogens is 1. The summed E-state index contributed by atoms with van der Waals surface area (Å²) in [5.41, 5.74) is 4.32. The van der Waals surface area contributed by atoms with E-state index in [4.69, 9.17) is 21.1 Å². The van der Waals surface area contributed by atoms with Gasteiger partial charge in [-0.2, -0.15) is 0 Å². The maximum atomic E-state index is 13.0. The van der Waals surface area contributed by atoms with Gasteiger partial charge in [0.15, 0.2) is 5.76 Å². The highest BCUT2D eigenvalue weighted by molar-refractivity contribution is 6.32. The maximum Gasteiger partial charge on any atom is 0.231 e. The molecule has 1 aromatic heterocycles. The van der Waals surface area contributed by atoms with Gasteiger partial charge in [-0.25, -0.2) is 0 Å². The first kappa shape index (κ1) is 18.9. The van der Waals surface area contributed by atoms with Gasteiger partial charge in [-0.1, -0.05) is 29.8 Å². The first-order chi connectivity index (χ1) is 14.6. The summed E-state index contributed by atoms with van der Waals surface area (Å²) in [5.74, 6) is 1.51. The zero-order chi connectivity index (χ0) is 20.7. The van der Waals surface area contributed by atoms with Crippen molar-refractivity contribution in [1.82, 2.24) is 9.88 Å². The molecule has 150 valence electrons. The predicted molar refractivity (Wildman–Crippen MR) is 115 cm³/mol. The molecule has 3 aromatic rings. The van der Waals surface area contributed by atoms with Crippen LogP contribution < -0.4 is 9.47 Å². The number of ether oxygens (including phenoxy) is 2. The number of hydrogen-bond donors (Lipinski definition) is 0. The van der Waals surface area contributed by atoms with Crippen molar-refractivity contribution in [2.24, 2.45) is 0 Å². The third-order valence-corrected chi connectivity index (χ3v) is 5.69. The largest absolute Gasteiger partial charge is 0.477 e. The highest BCUT2D eigenvalue weighted by Crippen LogP contribution is 2.43. The number of benzene rings is 2. The third kappa shape index (κ3) is 3.36. The van der Waals surface area contributed by atoms with Crippen LogP contribution >= 0.6 is 11.6 Å². The zero-order valence-corrected chi connectivity index (χ0v) is 17.1. The number of fused-ring (bicyclic) bond motifs is 2. The molecule has 6 heteroatoms. The lowest BCUT2D eigenvalue weighted by atomic mass is 10.00. The summed E-state index contributed by atoms with van der Waals surface area (Å²) in [6, 6.07) is 13.2. The van der Waals surface area contributed by atoms with Crippen LogP contribution in [-0.4, -0.2) is 22.4 Å². The zero-order valence-electron chi connectivity index (χ0n) is 16.4. The first-order valence-electron chi connectivity index (χ1n) is 9.69. The van der Waals surface area contributed by atoms with Crippen molar-refractivity contribution >= 4 is 23.5 Å². The fourth-order valence-electron chi connectivity index (χ4n) is 3.88. The Labute approximate surface area is 179 Å². The van der Waals surface area contributed by atoms with Crippen molar-refractivity contribution in [3.63, 3.8) is 0 Å². The number of Topliss-reactive ketones (excluding diaryl/α,β-unsaturated/α-hetero) is 1. The van der Waals surface area contributed by atoms with Crippen LogP contribution in [0.5, 0.6) is 11.5 Å². The molecule has 0 saturated carbocycles. The van der Waals surface area contributed by atoms with Crippen molar-refractivity contribution in [3.8, 4) is 11.5 Å². The molecule has 0 saturated heterocycles. The Bertz CT molecular complexity index is 1170. The van der Waals surface area contributed by atoms with Crippen molar-refractivity contribution in [2.75, 3.05) is 6.73 Å². The number of pyridine rings is 1. The minimum atomic E-state index is -0.137. The van der Waals surface area contributed by atoms with Crippen LogP contribution in [0.25, 0.3) is 6.08 Å². The van der Waals surface area contributed by atoms with Gasteiger partial charge in [-0.3, -0.25) is 14.7 Å². The predicted octanol–water partition coefficient (Wildman–Crippen LogP) is 5.01. The molecule has 2 aromatic carbocycles. The molecule has 0 atom stereocenters. The molecule has 2 aliphatic heterocycles. The molecule has 30 heavy (non-hydrogen) atoms. The smallest absolute Gasteiger partial charge is 0.231 e. The van der Waals surface area contributed by atoms with E-state index in [0.717, 1.165) is 29.0 Å². The maximum absolute atomic E-state index is 13.0. The second kappa shape index (κ2) is 7.59. The molecule has 5 rings (SSSR count). The van der Waals surface area contributed by atoms with Gasteiger partial charge in [0.25, 0.3) is 0 Å². The van der Waals surface area contributed by atoms with Gasteiger partial charge in [0.2, 0.25) is 5.78 Å². The molecule has 0 fully saturated rings. The summed E-state index contributed by atoms with van der Waals surface area (Å²) in [5, 5.41) is 0.573. The number of carbonyl (C=O) groups is 1. The van der Waals surface area contributed by atoms with E-state index in [9.17, 15) is 4.79 Å². The number of rotatable bonds is 3. The molecule has 0 radical (unpaired) electrons. The number of allylic oxidation sites excluding steroid dienone is 1. The van der Waals surface area contributed by atoms with Crippen LogP contribution in [-0.2, 0) is 13.1 Å². The Morgan fingerprint density at radius 1 is 1.17 bits per heavy atom. The summed E-state index contributed by atoms with van der Waals surface area (Å²) < 4.78 is 12.0. The van der Waals surface area contributed by atoms with Crippen molar-refractivity contribution < 1.29 is 14.3 Å². The Morgan fingerprint density at radius 2 is 1.97 bits per heavy atom. The van der Waals surface area contributed by atoms with Gasteiger partial charge in [-0.15, -0.1) is 0 Å². The van der Waals surface area contributed by atoms with Gasteiger partial charge in [0.05, 0.1) is 5.56 Å². The topological polar surface area (TPSA) is 51.7 Å². The summed E-state index contributed by atoms with van der Waals surface area (Å²) in [6.07, 6.45) is 5.27. The van der Waals surface area contributed by atoms with E-state index in [1.54, 1.807) is 24.5 Å². The van der Waals surface area contributed by atoms with E-state index < -0.39 is 0 Å². The fourth-order valence-corrected chi connectivity index (χ4v) is 4.07. The Morgan fingerprint density at radius 3 is 2.77 bits per heavy atom. The standard InChI is InChI=1S/C24H19ClN2O3/c1-15-23-18(13-27(14-29-23)12-16-6-8-26-9-7-16)10-19-22(28)21(30-24(15)19)11-17-4-2-3-5-20(17)25/h2-11H,12-14H2,1H3/b21-11-. The number of carbonyl (C=O) groups excluding carboxylic acids is 1. The molecule has 0 amide bonds. The van der Waals surface area contributed by atoms with Gasteiger partial charge in [0, 0.05) is 41.6 Å². The molecule has 5 nitrogen and oxygen atoms in total. The van der Waals surface area contributed by atoms with E-state index >= 15 is 0 Å². The van der Waals surface area contributed by atoms with Crippen LogP contribution in [0.2, 0.25) is 5.02 Å². The molecule has 2 aliphatic rings. The second-order valence-electron chi connectivity index (χ2n) is 7.44. The summed E-state index contributed by atoms with van der Waals surface area (Å²) in [7, 11) is 0. The lowest BCUT2D eigenvalue weighted by Gasteiger charge is -2.30. The Hall–Kier alpha value is -3.15. The molecular weight excluding hydrogens is 400 g/mol. The SMILES string of the molecule is Cc1c2c(cc3c1O/C(=C\c1ccccc1Cl)C3=O)CN(Cc1ccncc1)CO2. The monoisotopic (exact) mass is 418 g/mol. The summed E-state index contributed by atoms with van der Waals surface area (Å²) in [4.78, 5) is 19.3. The number of nitrogens with zero attached hydrogens (tertiary/aromatic N) is 2. The highest BCUT2D eigenvalue weighted by atomic mass is 35.5. The minimum absolute atomic E-state index is 0.137. The van der Waals surface area contributed by atoms with E-state index in [1.807, 2.05) is 43.3 Å². The average molecular weight is 419 g/mol. The van der Waals surface area contributed by atoms with Crippen LogP contribution in [0.15, 0.2) is 60.6 Å². The van der Waals surface area contributed by atoms with Gasteiger partial charge in [-0.05, 0) is 48.4 Å². The molecule has 0 N–H and O–H groups in total. The Balaban J connectivity index is 1.44. The lowest BCUT2D eigenvalue weighted by molar-refractivity contribution is 0.0876. The Kier molecular flexibility index (Phi) is 4.77. The molecule has 3 heterocycles. The van der Waals surface area contributed by atoms with E-state index in [2.05, 4.69) is 9.88 Å². The van der Waals surface area contributed by atoms with Crippen LogP contribution in [0.1, 0.15) is 32.6 Å². The summed E-state index contributed by atoms with van der Waals surface area (Å²) >= 11 is 6.24. The molecule has 0 bridgehead atoms. The minimum Gasteiger partial charge on any atom is -0.477 e. The number of hydrogen-bond acceptors (Lipinski definition) is 5. The molecule has 0 unspecified atom stereocenters. The quantitative estimate of drug-likeness (QED) is 0.559. The van der Waals surface area contributed by atoms with Gasteiger partial charge in [0.1, 0.15) is 18.2 Å². The van der Waals surface area contributed by atoms with Crippen molar-refractivity contribution in [2.45, 2.75) is 20.0 Å². The van der Waals surface area contributed by atoms with Gasteiger partial charge < -0.3 is 9.47 Å². The van der Waals surface area contributed by atoms with Crippen LogP contribution in [0, 0.1) is 6.92 Å². The first-order valence-corrected chi connectivity index (χ1v) is 10.1. The van der Waals surface area contributed by atoms with Crippen molar-refractivity contribution in [3.05, 3.63) is 93.5 Å². The van der Waals surface area contributed by atoms with E-state index in [1.165, 1.54) is 5.56 Å². The summed E-state index contributed by atoms with van der Waals surface area (Å²) in [6.45, 7) is 3.86. The van der Waals surface area contributed by atoms with E-state index in [0.29, 0.717) is 29.6 Å². The van der Waals surface area contributed by atoms with Crippen LogP contribution in [0.3, 0.4) is 0 Å². The third-order valence-electron chi connectivity index (χ3n) is 5.35.